The lowest BCUT2D eigenvalue weighted by Crippen LogP contribution is -2.43. The van der Waals surface area contributed by atoms with E-state index >= 15 is 0 Å². The Bertz CT molecular complexity index is 452. The fourth-order valence-corrected chi connectivity index (χ4v) is 2.26. The summed E-state index contributed by atoms with van der Waals surface area (Å²) in [5, 5.41) is 22.4. The molecule has 0 aromatic heterocycles. The number of methoxy groups -OCH3 is 1. The molecule has 2 amide bonds. The highest BCUT2D eigenvalue weighted by atomic mass is 16.5. The van der Waals surface area contributed by atoms with Gasteiger partial charge in [-0.05, 0) is 31.6 Å². The van der Waals surface area contributed by atoms with Crippen LogP contribution in [0.15, 0.2) is 11.4 Å². The first-order chi connectivity index (χ1) is 9.60. The first-order valence-corrected chi connectivity index (χ1v) is 6.47. The van der Waals surface area contributed by atoms with Crippen molar-refractivity contribution in [2.24, 2.45) is 11.7 Å². The monoisotopic (exact) mass is 277 g/mol. The predicted molar refractivity (Wildman–Crippen MR) is 71.7 cm³/mol. The van der Waals surface area contributed by atoms with E-state index in [0.29, 0.717) is 5.92 Å². The zero-order valence-electron chi connectivity index (χ0n) is 11.5. The highest BCUT2D eigenvalue weighted by molar-refractivity contribution is 5.77. The van der Waals surface area contributed by atoms with Crippen LogP contribution in [0.4, 0.5) is 4.79 Å². The highest BCUT2D eigenvalue weighted by Gasteiger charge is 2.22. The van der Waals surface area contributed by atoms with Crippen LogP contribution in [-0.4, -0.2) is 25.8 Å². The van der Waals surface area contributed by atoms with Crippen molar-refractivity contribution >= 4 is 6.03 Å². The molecule has 1 aliphatic rings. The molecule has 0 aliphatic heterocycles. The number of rotatable bonds is 4. The molecular formula is C13H19N5O2. The SMILES string of the molecule is COC[C@H]1CC[C@@H](NC(=O)N/C(C#N)=C(\N)C#N)CC1. The van der Waals surface area contributed by atoms with E-state index in [2.05, 4.69) is 10.6 Å². The Hall–Kier alpha value is -2.25. The standard InChI is InChI=1S/C13H19N5O2/c1-20-8-9-2-4-10(5-3-9)17-13(19)18-12(7-15)11(16)6-14/h9-10H,2-5,8,16H2,1H3,(H2,17,18,19)/b12-11-/t9-,10+. The van der Waals surface area contributed by atoms with Gasteiger partial charge in [-0.1, -0.05) is 0 Å². The molecule has 0 radical (unpaired) electrons. The van der Waals surface area contributed by atoms with Crippen molar-refractivity contribution in [1.29, 1.82) is 10.5 Å². The van der Waals surface area contributed by atoms with Gasteiger partial charge >= 0.3 is 6.03 Å². The van der Waals surface area contributed by atoms with Gasteiger partial charge in [-0.2, -0.15) is 10.5 Å². The molecule has 7 heteroatoms. The molecule has 108 valence electrons. The van der Waals surface area contributed by atoms with Crippen molar-refractivity contribution in [3.63, 3.8) is 0 Å². The van der Waals surface area contributed by atoms with Crippen molar-refractivity contribution in [3.8, 4) is 12.1 Å². The Morgan fingerprint density at radius 3 is 2.45 bits per heavy atom. The molecule has 0 aromatic carbocycles. The number of hydrogen-bond acceptors (Lipinski definition) is 5. The van der Waals surface area contributed by atoms with Crippen molar-refractivity contribution < 1.29 is 9.53 Å². The topological polar surface area (TPSA) is 124 Å². The van der Waals surface area contributed by atoms with Crippen molar-refractivity contribution in [2.75, 3.05) is 13.7 Å². The van der Waals surface area contributed by atoms with Crippen molar-refractivity contribution in [2.45, 2.75) is 31.7 Å². The number of nitrogens with zero attached hydrogens (tertiary/aromatic N) is 2. The van der Waals surface area contributed by atoms with Crippen LogP contribution < -0.4 is 16.4 Å². The normalized spacial score (nSPS) is 22.9. The third-order valence-corrected chi connectivity index (χ3v) is 3.32. The van der Waals surface area contributed by atoms with Crippen LogP contribution in [0.3, 0.4) is 0 Å². The summed E-state index contributed by atoms with van der Waals surface area (Å²) in [6, 6.07) is 2.88. The van der Waals surface area contributed by atoms with Gasteiger partial charge in [0.25, 0.3) is 0 Å². The zero-order chi connectivity index (χ0) is 15.0. The number of allylic oxidation sites excluding steroid dienone is 2. The maximum Gasteiger partial charge on any atom is 0.320 e. The fraction of sp³-hybridized carbons (Fsp3) is 0.615. The molecule has 4 N–H and O–H groups in total. The van der Waals surface area contributed by atoms with Gasteiger partial charge in [-0.25, -0.2) is 4.79 Å². The smallest absolute Gasteiger partial charge is 0.320 e. The van der Waals surface area contributed by atoms with Gasteiger partial charge in [0.05, 0.1) is 0 Å². The van der Waals surface area contributed by atoms with Gasteiger partial charge in [-0.15, -0.1) is 0 Å². The molecule has 0 spiro atoms. The maximum absolute atomic E-state index is 11.7. The van der Waals surface area contributed by atoms with Gasteiger partial charge in [-0.3, -0.25) is 5.32 Å². The first-order valence-electron chi connectivity index (χ1n) is 6.47. The molecule has 1 rings (SSSR count). The third kappa shape index (κ3) is 4.79. The van der Waals surface area contributed by atoms with Crippen LogP contribution >= 0.6 is 0 Å². The van der Waals surface area contributed by atoms with Crippen LogP contribution in [0.5, 0.6) is 0 Å². The lowest BCUT2D eigenvalue weighted by atomic mass is 9.86. The summed E-state index contributed by atoms with van der Waals surface area (Å²) in [6.07, 6.45) is 3.75. The number of ether oxygens (including phenoxy) is 1. The van der Waals surface area contributed by atoms with Gasteiger partial charge in [0.2, 0.25) is 0 Å². The Morgan fingerprint density at radius 2 is 1.95 bits per heavy atom. The third-order valence-electron chi connectivity index (χ3n) is 3.32. The Labute approximate surface area is 118 Å². The minimum absolute atomic E-state index is 0.0753. The molecule has 1 fully saturated rings. The minimum atomic E-state index is -0.505. The van der Waals surface area contributed by atoms with E-state index in [-0.39, 0.29) is 17.4 Å². The Balaban J connectivity index is 2.42. The summed E-state index contributed by atoms with van der Waals surface area (Å²) in [7, 11) is 1.69. The van der Waals surface area contributed by atoms with Crippen LogP contribution in [0.25, 0.3) is 0 Å². The second-order valence-electron chi connectivity index (χ2n) is 4.78. The van der Waals surface area contributed by atoms with E-state index in [1.54, 1.807) is 19.2 Å². The first kappa shape index (κ1) is 15.8. The molecule has 0 bridgehead atoms. The Morgan fingerprint density at radius 1 is 1.30 bits per heavy atom. The van der Waals surface area contributed by atoms with Gasteiger partial charge in [0.15, 0.2) is 5.70 Å². The molecule has 7 nitrogen and oxygen atoms in total. The highest BCUT2D eigenvalue weighted by Crippen LogP contribution is 2.24. The van der Waals surface area contributed by atoms with E-state index in [0.717, 1.165) is 32.3 Å². The summed E-state index contributed by atoms with van der Waals surface area (Å²) >= 11 is 0. The molecular weight excluding hydrogens is 258 g/mol. The Kier molecular flexibility index (Phi) is 6.34. The van der Waals surface area contributed by atoms with Crippen molar-refractivity contribution in [1.82, 2.24) is 10.6 Å². The number of carbonyl (C=O) groups is 1. The van der Waals surface area contributed by atoms with Crippen LogP contribution in [-0.2, 0) is 4.74 Å². The fourth-order valence-electron chi connectivity index (χ4n) is 2.26. The quantitative estimate of drug-likeness (QED) is 0.653. The molecule has 0 unspecified atom stereocenters. The average Bonchev–Trinajstić information content (AvgIpc) is 2.46. The van der Waals surface area contributed by atoms with E-state index in [4.69, 9.17) is 21.0 Å². The number of nitrogens with two attached hydrogens (primary N) is 1. The van der Waals surface area contributed by atoms with E-state index in [9.17, 15) is 4.79 Å². The molecule has 20 heavy (non-hydrogen) atoms. The average molecular weight is 277 g/mol. The maximum atomic E-state index is 11.7. The number of nitrogens with one attached hydrogen (secondary N) is 2. The van der Waals surface area contributed by atoms with E-state index in [1.165, 1.54) is 0 Å². The molecule has 0 saturated heterocycles. The van der Waals surface area contributed by atoms with E-state index < -0.39 is 6.03 Å². The van der Waals surface area contributed by atoms with Gasteiger partial charge in [0.1, 0.15) is 17.8 Å². The molecule has 1 saturated carbocycles. The molecule has 0 aromatic rings. The predicted octanol–water partition coefficient (Wildman–Crippen LogP) is 0.708. The van der Waals surface area contributed by atoms with Crippen LogP contribution in [0.2, 0.25) is 0 Å². The van der Waals surface area contributed by atoms with Gasteiger partial charge < -0.3 is 15.8 Å². The molecule has 0 heterocycles. The van der Waals surface area contributed by atoms with Crippen LogP contribution in [0, 0.1) is 28.6 Å². The number of hydrogen-bond donors (Lipinski definition) is 3. The zero-order valence-corrected chi connectivity index (χ0v) is 11.5. The number of nitriles is 2. The minimum Gasteiger partial charge on any atom is -0.388 e. The number of amides is 2. The lowest BCUT2D eigenvalue weighted by molar-refractivity contribution is 0.124. The second kappa shape index (κ2) is 8.03. The summed E-state index contributed by atoms with van der Waals surface area (Å²) in [4.78, 5) is 11.7. The van der Waals surface area contributed by atoms with Crippen molar-refractivity contribution in [3.05, 3.63) is 11.4 Å². The summed E-state index contributed by atoms with van der Waals surface area (Å²) in [5.41, 5.74) is 4.78. The molecule has 1 aliphatic carbocycles. The number of urea groups is 1. The van der Waals surface area contributed by atoms with Crippen LogP contribution in [0.1, 0.15) is 25.7 Å². The molecule has 0 atom stereocenters. The summed E-state index contributed by atoms with van der Waals surface area (Å²) in [5.74, 6) is 0.546. The summed E-state index contributed by atoms with van der Waals surface area (Å²) < 4.78 is 5.12. The summed E-state index contributed by atoms with van der Waals surface area (Å²) in [6.45, 7) is 0.749. The lowest BCUT2D eigenvalue weighted by Gasteiger charge is -2.28. The largest absolute Gasteiger partial charge is 0.388 e. The van der Waals surface area contributed by atoms with E-state index in [1.807, 2.05) is 0 Å². The van der Waals surface area contributed by atoms with Gasteiger partial charge in [0, 0.05) is 19.8 Å². The second-order valence-corrected chi connectivity index (χ2v) is 4.78. The number of carbonyl (C=O) groups excluding carboxylic acids is 1.